The van der Waals surface area contributed by atoms with Crippen LogP contribution >= 0.6 is 0 Å². The van der Waals surface area contributed by atoms with E-state index in [0.717, 1.165) is 31.4 Å². The van der Waals surface area contributed by atoms with Gasteiger partial charge in [-0.2, -0.15) is 0 Å². The van der Waals surface area contributed by atoms with Crippen LogP contribution in [-0.4, -0.2) is 40.6 Å². The van der Waals surface area contributed by atoms with Crippen molar-refractivity contribution >= 4 is 16.9 Å². The van der Waals surface area contributed by atoms with E-state index in [1.807, 2.05) is 31.3 Å². The first-order chi connectivity index (χ1) is 12.7. The third kappa shape index (κ3) is 2.99. The van der Waals surface area contributed by atoms with E-state index in [4.69, 9.17) is 4.74 Å². The van der Waals surface area contributed by atoms with Crippen LogP contribution in [0.2, 0.25) is 0 Å². The molecule has 4 rings (SSSR count). The summed E-state index contributed by atoms with van der Waals surface area (Å²) in [6.45, 7) is 4.96. The maximum Gasteiger partial charge on any atom is 0.338 e. The fraction of sp³-hybridized carbons (Fsp3) is 0.333. The van der Waals surface area contributed by atoms with Crippen molar-refractivity contribution in [2.45, 2.75) is 26.4 Å². The summed E-state index contributed by atoms with van der Waals surface area (Å²) >= 11 is 0. The SMILES string of the molecule is CCOC(=O)c1ccc2c(c1)c1c(n2Cc2cccnc2)CCN(C)C1. The summed E-state index contributed by atoms with van der Waals surface area (Å²) in [5, 5.41) is 1.15. The largest absolute Gasteiger partial charge is 0.462 e. The van der Waals surface area contributed by atoms with Gasteiger partial charge >= 0.3 is 5.97 Å². The number of carbonyl (C=O) groups is 1. The summed E-state index contributed by atoms with van der Waals surface area (Å²) in [6.07, 6.45) is 4.73. The number of benzene rings is 1. The topological polar surface area (TPSA) is 47.4 Å². The molecule has 1 aliphatic heterocycles. The number of esters is 1. The van der Waals surface area contributed by atoms with Crippen LogP contribution in [0.5, 0.6) is 0 Å². The fourth-order valence-corrected chi connectivity index (χ4v) is 3.78. The van der Waals surface area contributed by atoms with Crippen molar-refractivity contribution in [2.75, 3.05) is 20.2 Å². The van der Waals surface area contributed by atoms with Crippen LogP contribution < -0.4 is 0 Å². The molecule has 1 aromatic carbocycles. The van der Waals surface area contributed by atoms with Crippen LogP contribution in [0.4, 0.5) is 0 Å². The first-order valence-corrected chi connectivity index (χ1v) is 9.06. The molecule has 0 bridgehead atoms. The van der Waals surface area contributed by atoms with Gasteiger partial charge in [0.05, 0.1) is 12.2 Å². The number of fused-ring (bicyclic) bond motifs is 3. The number of ether oxygens (including phenoxy) is 1. The molecule has 0 aliphatic carbocycles. The van der Waals surface area contributed by atoms with E-state index in [2.05, 4.69) is 33.6 Å². The lowest BCUT2D eigenvalue weighted by atomic mass is 10.0. The number of hydrogen-bond donors (Lipinski definition) is 0. The minimum Gasteiger partial charge on any atom is -0.462 e. The molecule has 5 nitrogen and oxygen atoms in total. The van der Waals surface area contributed by atoms with Crippen molar-refractivity contribution in [1.82, 2.24) is 14.5 Å². The molecule has 3 aromatic rings. The highest BCUT2D eigenvalue weighted by Crippen LogP contribution is 2.32. The molecule has 0 amide bonds. The summed E-state index contributed by atoms with van der Waals surface area (Å²) in [5.74, 6) is -0.257. The maximum absolute atomic E-state index is 12.2. The van der Waals surface area contributed by atoms with Crippen LogP contribution in [0.25, 0.3) is 10.9 Å². The average Bonchev–Trinajstić information content (AvgIpc) is 2.95. The fourth-order valence-electron chi connectivity index (χ4n) is 3.78. The van der Waals surface area contributed by atoms with Gasteiger partial charge in [-0.1, -0.05) is 6.07 Å². The van der Waals surface area contributed by atoms with Gasteiger partial charge in [-0.25, -0.2) is 4.79 Å². The van der Waals surface area contributed by atoms with E-state index in [1.54, 1.807) is 6.20 Å². The van der Waals surface area contributed by atoms with Gasteiger partial charge in [-0.3, -0.25) is 4.98 Å². The molecule has 3 heterocycles. The lowest BCUT2D eigenvalue weighted by Gasteiger charge is -2.24. The van der Waals surface area contributed by atoms with Crippen molar-refractivity contribution < 1.29 is 9.53 Å². The molecule has 0 fully saturated rings. The Hall–Kier alpha value is -2.66. The number of aromatic nitrogens is 2. The van der Waals surface area contributed by atoms with Gasteiger partial charge in [0, 0.05) is 55.0 Å². The highest BCUT2D eigenvalue weighted by atomic mass is 16.5. The Morgan fingerprint density at radius 2 is 2.19 bits per heavy atom. The van der Waals surface area contributed by atoms with Gasteiger partial charge in [0.25, 0.3) is 0 Å². The Kier molecular flexibility index (Phi) is 4.47. The number of carbonyl (C=O) groups excluding carboxylic acids is 1. The summed E-state index contributed by atoms with van der Waals surface area (Å²) in [4.78, 5) is 18.7. The maximum atomic E-state index is 12.2. The molecule has 0 saturated carbocycles. The van der Waals surface area contributed by atoms with Crippen molar-refractivity contribution in [3.63, 3.8) is 0 Å². The number of rotatable bonds is 4. The zero-order chi connectivity index (χ0) is 18.1. The van der Waals surface area contributed by atoms with Gasteiger partial charge in [0.1, 0.15) is 0 Å². The standard InChI is InChI=1S/C21H23N3O2/c1-3-26-21(25)16-6-7-19-17(11-16)18-14-23(2)10-8-20(18)24(19)13-15-5-4-9-22-12-15/h4-7,9,11-12H,3,8,10,13-14H2,1-2H3. The number of likely N-dealkylation sites (N-methyl/N-ethyl adjacent to an activating group) is 1. The third-order valence-corrected chi connectivity index (χ3v) is 5.02. The Labute approximate surface area is 153 Å². The quantitative estimate of drug-likeness (QED) is 0.679. The Balaban J connectivity index is 1.84. The highest BCUT2D eigenvalue weighted by Gasteiger charge is 2.23. The van der Waals surface area contributed by atoms with Gasteiger partial charge in [-0.05, 0) is 49.4 Å². The first-order valence-electron chi connectivity index (χ1n) is 9.06. The van der Waals surface area contributed by atoms with Crippen LogP contribution in [0, 0.1) is 0 Å². The second-order valence-electron chi connectivity index (χ2n) is 6.81. The third-order valence-electron chi connectivity index (χ3n) is 5.02. The van der Waals surface area contributed by atoms with Crippen molar-refractivity contribution in [2.24, 2.45) is 0 Å². The Morgan fingerprint density at radius 3 is 2.96 bits per heavy atom. The van der Waals surface area contributed by atoms with E-state index in [1.165, 1.54) is 22.3 Å². The summed E-state index contributed by atoms with van der Waals surface area (Å²) in [7, 11) is 2.14. The Morgan fingerprint density at radius 1 is 1.31 bits per heavy atom. The highest BCUT2D eigenvalue weighted by molar-refractivity contribution is 5.96. The lowest BCUT2D eigenvalue weighted by molar-refractivity contribution is 0.0526. The predicted octanol–water partition coefficient (Wildman–Crippen LogP) is 3.25. The number of hydrogen-bond acceptors (Lipinski definition) is 4. The smallest absolute Gasteiger partial charge is 0.338 e. The van der Waals surface area contributed by atoms with E-state index in [-0.39, 0.29) is 5.97 Å². The number of pyridine rings is 1. The van der Waals surface area contributed by atoms with E-state index in [9.17, 15) is 4.79 Å². The van der Waals surface area contributed by atoms with Gasteiger partial charge < -0.3 is 14.2 Å². The summed E-state index contributed by atoms with van der Waals surface area (Å²) in [6, 6.07) is 9.99. The van der Waals surface area contributed by atoms with Gasteiger partial charge in [0.15, 0.2) is 0 Å². The van der Waals surface area contributed by atoms with Crippen LogP contribution in [-0.2, 0) is 24.2 Å². The molecular formula is C21H23N3O2. The monoisotopic (exact) mass is 349 g/mol. The molecule has 0 spiro atoms. The van der Waals surface area contributed by atoms with Crippen molar-refractivity contribution in [3.8, 4) is 0 Å². The van der Waals surface area contributed by atoms with Gasteiger partial charge in [-0.15, -0.1) is 0 Å². The van der Waals surface area contributed by atoms with E-state index in [0.29, 0.717) is 12.2 Å². The van der Waals surface area contributed by atoms with Crippen molar-refractivity contribution in [1.29, 1.82) is 0 Å². The molecule has 5 heteroatoms. The molecule has 0 N–H and O–H groups in total. The molecule has 2 aromatic heterocycles. The molecule has 0 saturated heterocycles. The second kappa shape index (κ2) is 6.92. The van der Waals surface area contributed by atoms with E-state index < -0.39 is 0 Å². The van der Waals surface area contributed by atoms with Crippen molar-refractivity contribution in [3.05, 3.63) is 65.1 Å². The minimum absolute atomic E-state index is 0.257. The van der Waals surface area contributed by atoms with Crippen LogP contribution in [0.15, 0.2) is 42.7 Å². The summed E-state index contributed by atoms with van der Waals surface area (Å²) < 4.78 is 7.56. The Bertz CT molecular complexity index is 947. The zero-order valence-corrected chi connectivity index (χ0v) is 15.2. The average molecular weight is 349 g/mol. The van der Waals surface area contributed by atoms with Crippen LogP contribution in [0.1, 0.15) is 34.1 Å². The molecule has 0 radical (unpaired) electrons. The molecule has 0 atom stereocenters. The second-order valence-corrected chi connectivity index (χ2v) is 6.81. The molecule has 0 unspecified atom stereocenters. The molecule has 1 aliphatic rings. The molecular weight excluding hydrogens is 326 g/mol. The minimum atomic E-state index is -0.257. The molecule has 134 valence electrons. The van der Waals surface area contributed by atoms with Crippen LogP contribution in [0.3, 0.4) is 0 Å². The van der Waals surface area contributed by atoms with Gasteiger partial charge in [0.2, 0.25) is 0 Å². The lowest BCUT2D eigenvalue weighted by Crippen LogP contribution is -2.27. The molecule has 26 heavy (non-hydrogen) atoms. The summed E-state index contributed by atoms with van der Waals surface area (Å²) in [5.41, 5.74) is 5.66. The zero-order valence-electron chi connectivity index (χ0n) is 15.2. The first kappa shape index (κ1) is 16.8. The van der Waals surface area contributed by atoms with E-state index >= 15 is 0 Å². The normalized spacial score (nSPS) is 14.4. The predicted molar refractivity (Wildman–Crippen MR) is 101 cm³/mol. The number of nitrogens with zero attached hydrogens (tertiary/aromatic N) is 3.